The van der Waals surface area contributed by atoms with E-state index in [9.17, 15) is 19.6 Å². The molecule has 0 spiro atoms. The van der Waals surface area contributed by atoms with Gasteiger partial charge in [0, 0.05) is 29.3 Å². The first-order chi connectivity index (χ1) is 29.2. The van der Waals surface area contributed by atoms with Crippen molar-refractivity contribution in [3.05, 3.63) is 46.0 Å². The van der Waals surface area contributed by atoms with Crippen molar-refractivity contribution in [2.75, 3.05) is 0 Å². The molecule has 0 saturated carbocycles. The molecule has 0 aliphatic heterocycles. The minimum absolute atomic E-state index is 0. The maximum atomic E-state index is 9.52. The number of allylic oxidation sites excluding steroid dienone is 8. The summed E-state index contributed by atoms with van der Waals surface area (Å²) in [6, 6.07) is 0. The Balaban J connectivity index is -0.00000109. The average molecular weight is 946 g/mol. The van der Waals surface area contributed by atoms with E-state index in [2.05, 4.69) is 67.5 Å². The van der Waals surface area contributed by atoms with E-state index in [-0.39, 0.29) is 16.5 Å². The molecule has 61 heavy (non-hydrogen) atoms. The molecule has 4 N–H and O–H groups in total. The van der Waals surface area contributed by atoms with Crippen molar-refractivity contribution in [1.29, 1.82) is 0 Å². The third kappa shape index (κ3) is 43.4. The maximum Gasteiger partial charge on any atom is 0.438 e. The van der Waals surface area contributed by atoms with Gasteiger partial charge in [0.15, 0.2) is 11.5 Å². The molecule has 0 aromatic heterocycles. The predicted molar refractivity (Wildman–Crippen MR) is 269 cm³/mol. The van der Waals surface area contributed by atoms with Gasteiger partial charge in [-0.3, -0.25) is 9.05 Å². The second-order valence-corrected chi connectivity index (χ2v) is 18.8. The number of unbranched alkanes of at least 4 members (excludes halogenated alkanes) is 16. The van der Waals surface area contributed by atoms with Crippen LogP contribution in [-0.4, -0.2) is 19.6 Å². The molecule has 0 amide bonds. The Hall–Kier alpha value is -0.246. The molecule has 0 heterocycles. The molecule has 6 nitrogen and oxygen atoms in total. The summed E-state index contributed by atoms with van der Waals surface area (Å²) in [7, 11) is -5.36. The van der Waals surface area contributed by atoms with Crippen LogP contribution in [0.5, 0.6) is 0 Å². The molecule has 9 heteroatoms. The van der Waals surface area contributed by atoms with Crippen LogP contribution in [0.4, 0.5) is 0 Å². The van der Waals surface area contributed by atoms with Crippen LogP contribution in [0, 0.1) is 0 Å². The van der Waals surface area contributed by atoms with E-state index in [1.54, 1.807) is 11.1 Å². The van der Waals surface area contributed by atoms with Gasteiger partial charge in [-0.05, 0) is 152 Å². The maximum absolute atomic E-state index is 9.52. The summed E-state index contributed by atoms with van der Waals surface area (Å²) in [5.41, 5.74) is 5.96. The Morgan fingerprint density at radius 1 is 0.328 bits per heavy atom. The van der Waals surface area contributed by atoms with Gasteiger partial charge in [0.2, 0.25) is 0 Å². The fourth-order valence-electron chi connectivity index (χ4n) is 7.73. The van der Waals surface area contributed by atoms with E-state index in [4.69, 9.17) is 9.05 Å². The molecular formula is C52H104NiO6P2+2. The largest absolute Gasteiger partial charge is 0.438 e. The summed E-state index contributed by atoms with van der Waals surface area (Å²) in [5.74, 6) is 1.77. The first-order valence-electron chi connectivity index (χ1n) is 25.8. The topological polar surface area (TPSA) is 99.4 Å². The van der Waals surface area contributed by atoms with Crippen LogP contribution in [-0.2, 0) is 25.5 Å². The Morgan fingerprint density at radius 2 is 0.574 bits per heavy atom. The summed E-state index contributed by atoms with van der Waals surface area (Å²) in [6.45, 7) is 17.9. The van der Waals surface area contributed by atoms with Crippen LogP contribution in [0.3, 0.4) is 0 Å². The smallest absolute Gasteiger partial charge is 0.294 e. The van der Waals surface area contributed by atoms with E-state index < -0.39 is 17.2 Å². The molecule has 0 bridgehead atoms. The predicted octanol–water partition coefficient (Wildman–Crippen LogP) is 18.5. The molecule has 0 aliphatic rings. The molecule has 0 rings (SSSR count). The van der Waals surface area contributed by atoms with Crippen molar-refractivity contribution in [1.82, 2.24) is 0 Å². The van der Waals surface area contributed by atoms with Crippen molar-refractivity contribution >= 4 is 17.2 Å². The quantitative estimate of drug-likeness (QED) is 0.0160. The monoisotopic (exact) mass is 945 g/mol. The fraction of sp³-hybridized carbons (Fsp3) is 0.846. The van der Waals surface area contributed by atoms with Gasteiger partial charge in [-0.25, -0.2) is 0 Å². The zero-order valence-corrected chi connectivity index (χ0v) is 44.5. The van der Waals surface area contributed by atoms with Crippen molar-refractivity contribution in [2.24, 2.45) is 0 Å². The average Bonchev–Trinajstić information content (AvgIpc) is 3.23. The van der Waals surface area contributed by atoms with Gasteiger partial charge in [0.1, 0.15) is 0 Å². The molecule has 366 valence electrons. The Kier molecular flexibility index (Phi) is 54.1. The molecule has 0 aliphatic carbocycles. The van der Waals surface area contributed by atoms with E-state index in [0.717, 1.165) is 114 Å². The number of hydrogen-bond donors (Lipinski definition) is 4. The SMILES string of the molecule is CCCCCC(=CCCCCC(O[PH+](O)O)=C(CCCC)CCCCC)CCCC.CCCCCC(=CCCCCC(O[PH+](O)O)=C(CCCC)CCCCC)CCCC.[Ni]. The minimum atomic E-state index is -2.68. The van der Waals surface area contributed by atoms with Gasteiger partial charge in [0.05, 0.1) is 0 Å². The molecule has 0 aromatic carbocycles. The Bertz CT molecular complexity index is 976. The van der Waals surface area contributed by atoms with Crippen LogP contribution >= 0.6 is 17.2 Å². The standard InChI is InChI=1S/2C26H52O3P.Ni/c2*1-5-9-14-19-24(18-11-7-3)20-16-13-17-23-26(29-30(27)28)25(21-12-8-4)22-15-10-6-2;/h2*20,27-28,30H,5-19,21-23H2,1-4H3;/q2*+1;. The van der Waals surface area contributed by atoms with Crippen molar-refractivity contribution in [2.45, 2.75) is 287 Å². The van der Waals surface area contributed by atoms with Crippen molar-refractivity contribution in [3.8, 4) is 0 Å². The molecule has 0 atom stereocenters. The second-order valence-electron chi connectivity index (χ2n) is 17.3. The third-order valence-electron chi connectivity index (χ3n) is 11.5. The zero-order chi connectivity index (χ0) is 44.9. The zero-order valence-electron chi connectivity index (χ0n) is 41.5. The van der Waals surface area contributed by atoms with Gasteiger partial charge in [0.25, 0.3) is 0 Å². The second kappa shape index (κ2) is 50.7. The van der Waals surface area contributed by atoms with Crippen LogP contribution in [0.2, 0.25) is 0 Å². The normalized spacial score (nSPS) is 12.9. The third-order valence-corrected chi connectivity index (χ3v) is 12.4. The van der Waals surface area contributed by atoms with Crippen LogP contribution in [0.25, 0.3) is 0 Å². The van der Waals surface area contributed by atoms with Gasteiger partial charge in [-0.15, -0.1) is 0 Å². The Labute approximate surface area is 393 Å². The molecule has 0 saturated heterocycles. The molecular weight excluding hydrogens is 841 g/mol. The van der Waals surface area contributed by atoms with Gasteiger partial charge < -0.3 is 0 Å². The van der Waals surface area contributed by atoms with Gasteiger partial charge in [-0.1, -0.05) is 156 Å². The van der Waals surface area contributed by atoms with Gasteiger partial charge in [-0.2, -0.15) is 19.6 Å². The van der Waals surface area contributed by atoms with E-state index in [1.807, 2.05) is 0 Å². The van der Waals surface area contributed by atoms with Crippen LogP contribution < -0.4 is 0 Å². The van der Waals surface area contributed by atoms with E-state index in [0.29, 0.717) is 0 Å². The minimum Gasteiger partial charge on any atom is -0.294 e. The van der Waals surface area contributed by atoms with E-state index >= 15 is 0 Å². The molecule has 0 fully saturated rings. The van der Waals surface area contributed by atoms with Gasteiger partial charge >= 0.3 is 17.2 Å². The summed E-state index contributed by atoms with van der Waals surface area (Å²) in [5, 5.41) is 0. The fourth-order valence-corrected chi connectivity index (χ4v) is 8.66. The first-order valence-corrected chi connectivity index (χ1v) is 28.4. The summed E-state index contributed by atoms with van der Waals surface area (Å²) in [4.78, 5) is 38.1. The van der Waals surface area contributed by atoms with Crippen molar-refractivity contribution < 1.29 is 45.1 Å². The van der Waals surface area contributed by atoms with Crippen LogP contribution in [0.1, 0.15) is 287 Å². The number of hydrogen-bond acceptors (Lipinski definition) is 6. The van der Waals surface area contributed by atoms with Crippen molar-refractivity contribution in [3.63, 3.8) is 0 Å². The Morgan fingerprint density at radius 3 is 0.869 bits per heavy atom. The number of rotatable bonds is 42. The molecule has 0 aromatic rings. The first kappa shape index (κ1) is 65.0. The summed E-state index contributed by atoms with van der Waals surface area (Å²) in [6.07, 6.45) is 47.3. The molecule has 0 radical (unpaired) electrons. The molecule has 0 unspecified atom stereocenters. The van der Waals surface area contributed by atoms with Crippen LogP contribution in [0.15, 0.2) is 46.0 Å². The summed E-state index contributed by atoms with van der Waals surface area (Å²) < 4.78 is 11.1. The van der Waals surface area contributed by atoms with E-state index in [1.165, 1.54) is 140 Å². The summed E-state index contributed by atoms with van der Waals surface area (Å²) >= 11 is 0.